The maximum absolute atomic E-state index is 14.6. The molecule has 2 aliphatic rings. The van der Waals surface area contributed by atoms with E-state index in [-0.39, 0.29) is 49.4 Å². The normalized spacial score (nSPS) is 18.8. The van der Waals surface area contributed by atoms with Crippen LogP contribution in [-0.4, -0.2) is 103 Å². The average molecular weight is 740 g/mol. The van der Waals surface area contributed by atoms with Gasteiger partial charge in [0.25, 0.3) is 11.8 Å². The van der Waals surface area contributed by atoms with E-state index in [0.717, 1.165) is 32.1 Å². The molecule has 1 saturated heterocycles. The Balaban J connectivity index is 1.65. The van der Waals surface area contributed by atoms with Crippen molar-refractivity contribution < 1.29 is 43.8 Å². The Bertz CT molecular complexity index is 1670. The summed E-state index contributed by atoms with van der Waals surface area (Å²) in [4.78, 5) is 90.8. The Morgan fingerprint density at radius 3 is 2.21 bits per heavy atom. The van der Waals surface area contributed by atoms with Crippen molar-refractivity contribution in [3.05, 3.63) is 47.3 Å². The van der Waals surface area contributed by atoms with Gasteiger partial charge in [0, 0.05) is 30.6 Å². The molecular formula is C35H49N9O9. The molecule has 6 amide bonds. The molecule has 2 heterocycles. The highest BCUT2D eigenvalue weighted by atomic mass is 16.4. The van der Waals surface area contributed by atoms with Gasteiger partial charge in [-0.05, 0) is 69.7 Å². The molecule has 288 valence electrons. The summed E-state index contributed by atoms with van der Waals surface area (Å²) < 4.78 is 1.45. The number of Topliss-reactive ketones (excluding diaryl/α,β-unsaturated/α-hetero) is 1. The summed E-state index contributed by atoms with van der Waals surface area (Å²) in [5, 5.41) is 35.4. The molecule has 1 aliphatic carbocycles. The molecule has 18 heteroatoms. The van der Waals surface area contributed by atoms with Gasteiger partial charge in [0.1, 0.15) is 17.7 Å². The van der Waals surface area contributed by atoms with Crippen LogP contribution in [0.1, 0.15) is 111 Å². The topological polar surface area (TPSA) is 282 Å². The predicted octanol–water partition coefficient (Wildman–Crippen LogP) is 0.493. The number of carbonyl (C=O) groups excluding carboxylic acids is 6. The summed E-state index contributed by atoms with van der Waals surface area (Å²) in [6.07, 6.45) is 5.69. The number of nitrogens with two attached hydrogens (primary N) is 2. The number of nitrogens with one attached hydrogen (secondary N) is 3. The van der Waals surface area contributed by atoms with E-state index < -0.39 is 71.2 Å². The molecule has 1 aromatic carbocycles. The summed E-state index contributed by atoms with van der Waals surface area (Å²) in [5.74, 6) is -4.75. The van der Waals surface area contributed by atoms with Crippen molar-refractivity contribution in [1.29, 1.82) is 0 Å². The predicted molar refractivity (Wildman–Crippen MR) is 188 cm³/mol. The van der Waals surface area contributed by atoms with Gasteiger partial charge in [0.15, 0.2) is 0 Å². The van der Waals surface area contributed by atoms with Gasteiger partial charge in [-0.3, -0.25) is 28.8 Å². The van der Waals surface area contributed by atoms with E-state index >= 15 is 0 Å². The quantitative estimate of drug-likeness (QED) is 0.0866. The molecule has 0 bridgehead atoms. The average Bonchev–Trinajstić information content (AvgIpc) is 3.79. The maximum Gasteiger partial charge on any atom is 0.404 e. The van der Waals surface area contributed by atoms with Gasteiger partial charge in [-0.25, -0.2) is 9.48 Å². The third-order valence-corrected chi connectivity index (χ3v) is 9.81. The second kappa shape index (κ2) is 17.9. The summed E-state index contributed by atoms with van der Waals surface area (Å²) in [7, 11) is 0. The second-order valence-corrected chi connectivity index (χ2v) is 14.2. The standard InChI is InChI=1S/C35H49N9O9/c1-35(2,53)27-18-39-42-44(27)23-17-26(32(49)40-24(28(45)30(37)47)10-6-7-15-38-34(51)52)43(19-23)33(50)25(16-20-8-4-3-5-9-20)41-31(48)22-13-11-21(12-14-22)29(36)46/h11-14,18,20,23-26,38,53H,3-10,15-17,19H2,1-2H3,(H2,36,46)(H2,37,47)(H,40,49)(H,41,48)(H,51,52)/t23-,24?,25+,26-/m0/s1. The van der Waals surface area contributed by atoms with Crippen LogP contribution in [0.25, 0.3) is 0 Å². The fourth-order valence-electron chi connectivity index (χ4n) is 7.02. The van der Waals surface area contributed by atoms with Crippen molar-refractivity contribution in [3.8, 4) is 0 Å². The minimum Gasteiger partial charge on any atom is -0.465 e. The number of ketones is 1. The van der Waals surface area contributed by atoms with Gasteiger partial charge in [-0.15, -0.1) is 5.10 Å². The Hall–Kier alpha value is -5.39. The molecule has 0 spiro atoms. The van der Waals surface area contributed by atoms with Gasteiger partial charge in [0.05, 0.1) is 24.0 Å². The van der Waals surface area contributed by atoms with Crippen molar-refractivity contribution in [2.75, 3.05) is 13.1 Å². The number of aromatic nitrogens is 3. The van der Waals surface area contributed by atoms with E-state index in [1.54, 1.807) is 13.8 Å². The van der Waals surface area contributed by atoms with Crippen LogP contribution in [0.3, 0.4) is 0 Å². The molecule has 2 aromatic rings. The molecule has 1 aromatic heterocycles. The third-order valence-electron chi connectivity index (χ3n) is 9.81. The number of aliphatic hydroxyl groups is 1. The van der Waals surface area contributed by atoms with Crippen LogP contribution in [0.4, 0.5) is 4.79 Å². The molecule has 9 N–H and O–H groups in total. The Morgan fingerprint density at radius 1 is 0.943 bits per heavy atom. The Kier molecular flexibility index (Phi) is 13.6. The zero-order valence-electron chi connectivity index (χ0n) is 30.0. The van der Waals surface area contributed by atoms with Gasteiger partial charge in [0.2, 0.25) is 23.5 Å². The first kappa shape index (κ1) is 40.4. The summed E-state index contributed by atoms with van der Waals surface area (Å²) in [6, 6.07) is 1.40. The highest BCUT2D eigenvalue weighted by Gasteiger charge is 2.45. The largest absolute Gasteiger partial charge is 0.465 e. The third kappa shape index (κ3) is 10.8. The number of primary amides is 2. The number of hydrogen-bond donors (Lipinski definition) is 7. The van der Waals surface area contributed by atoms with Crippen molar-refractivity contribution >= 4 is 41.4 Å². The fraction of sp³-hybridized carbons (Fsp3) is 0.571. The first-order valence-corrected chi connectivity index (χ1v) is 17.8. The number of benzene rings is 1. The van der Waals surface area contributed by atoms with Crippen LogP contribution in [0.5, 0.6) is 0 Å². The fourth-order valence-corrected chi connectivity index (χ4v) is 7.02. The number of rotatable bonds is 17. The summed E-state index contributed by atoms with van der Waals surface area (Å²) >= 11 is 0. The van der Waals surface area contributed by atoms with Gasteiger partial charge in [-0.2, -0.15) is 0 Å². The van der Waals surface area contributed by atoms with E-state index in [2.05, 4.69) is 26.3 Å². The molecule has 18 nitrogen and oxygen atoms in total. The molecule has 0 radical (unpaired) electrons. The number of hydrogen-bond acceptors (Lipinski definition) is 10. The first-order chi connectivity index (χ1) is 25.1. The molecule has 2 fully saturated rings. The number of nitrogens with zero attached hydrogens (tertiary/aromatic N) is 4. The van der Waals surface area contributed by atoms with Crippen molar-refractivity contribution in [2.45, 2.75) is 108 Å². The smallest absolute Gasteiger partial charge is 0.404 e. The number of unbranched alkanes of at least 4 members (excludes halogenated alkanes) is 1. The minimum absolute atomic E-state index is 0.0112. The molecule has 53 heavy (non-hydrogen) atoms. The van der Waals surface area contributed by atoms with Crippen LogP contribution in [-0.2, 0) is 24.8 Å². The van der Waals surface area contributed by atoms with E-state index in [1.165, 1.54) is 40.0 Å². The highest BCUT2D eigenvalue weighted by molar-refractivity contribution is 6.37. The number of carbonyl (C=O) groups is 7. The number of likely N-dealkylation sites (tertiary alicyclic amines) is 1. The van der Waals surface area contributed by atoms with E-state index in [9.17, 15) is 38.7 Å². The van der Waals surface area contributed by atoms with Crippen LogP contribution < -0.4 is 27.4 Å². The first-order valence-electron chi connectivity index (χ1n) is 17.8. The second-order valence-electron chi connectivity index (χ2n) is 14.2. The molecule has 1 saturated carbocycles. The summed E-state index contributed by atoms with van der Waals surface area (Å²) in [6.45, 7) is 3.10. The van der Waals surface area contributed by atoms with Crippen molar-refractivity contribution in [1.82, 2.24) is 35.8 Å². The lowest BCUT2D eigenvalue weighted by Gasteiger charge is -2.32. The molecule has 4 rings (SSSR count). The van der Waals surface area contributed by atoms with Crippen LogP contribution >= 0.6 is 0 Å². The lowest BCUT2D eigenvalue weighted by atomic mass is 9.84. The van der Waals surface area contributed by atoms with Crippen molar-refractivity contribution in [3.63, 3.8) is 0 Å². The Morgan fingerprint density at radius 2 is 1.60 bits per heavy atom. The lowest BCUT2D eigenvalue weighted by Crippen LogP contribution is -2.56. The Labute approximate surface area is 306 Å². The molecule has 4 atom stereocenters. The van der Waals surface area contributed by atoms with Crippen molar-refractivity contribution in [2.24, 2.45) is 17.4 Å². The zero-order chi connectivity index (χ0) is 38.9. The highest BCUT2D eigenvalue weighted by Crippen LogP contribution is 2.33. The van der Waals surface area contributed by atoms with E-state index in [1.807, 2.05) is 0 Å². The summed E-state index contributed by atoms with van der Waals surface area (Å²) in [5.41, 5.74) is 10.00. The monoisotopic (exact) mass is 739 g/mol. The van der Waals surface area contributed by atoms with Crippen LogP contribution in [0.2, 0.25) is 0 Å². The molecule has 1 aliphatic heterocycles. The number of amides is 6. The molecular weight excluding hydrogens is 690 g/mol. The zero-order valence-corrected chi connectivity index (χ0v) is 30.0. The number of carboxylic acid groups (broad SMARTS) is 1. The van der Waals surface area contributed by atoms with Crippen LogP contribution in [0.15, 0.2) is 30.5 Å². The van der Waals surface area contributed by atoms with Crippen LogP contribution in [0, 0.1) is 5.92 Å². The minimum atomic E-state index is -1.38. The molecule has 1 unspecified atom stereocenters. The van der Waals surface area contributed by atoms with Gasteiger partial charge < -0.3 is 42.5 Å². The SMILES string of the molecule is CC(C)(O)c1cnnn1[C@H]1C[C@@H](C(=O)NC(CCCCNC(=O)O)C(=O)C(N)=O)N(C(=O)[C@@H](CC2CCCCC2)NC(=O)c2ccc(C(N)=O)cc2)C1. The van der Waals surface area contributed by atoms with Gasteiger partial charge in [-0.1, -0.05) is 37.3 Å². The maximum atomic E-state index is 14.6. The van der Waals surface area contributed by atoms with E-state index in [4.69, 9.17) is 16.6 Å². The van der Waals surface area contributed by atoms with Gasteiger partial charge >= 0.3 is 6.09 Å². The van der Waals surface area contributed by atoms with E-state index in [0.29, 0.717) is 18.5 Å². The lowest BCUT2D eigenvalue weighted by molar-refractivity contribution is -0.142.